The minimum Gasteiger partial charge on any atom is -0.394 e. The number of amides is 1. The Morgan fingerprint density at radius 1 is 1.33 bits per heavy atom. The molecule has 1 aliphatic heterocycles. The van der Waals surface area contributed by atoms with Crippen LogP contribution in [0.4, 0.5) is 10.2 Å². The van der Waals surface area contributed by atoms with Crippen molar-refractivity contribution in [3.05, 3.63) is 54.2 Å². The Kier molecular flexibility index (Phi) is 4.56. The number of aromatic nitrogens is 3. The molecule has 0 saturated carbocycles. The molecular weight excluding hydrogens is 355 g/mol. The van der Waals surface area contributed by atoms with Crippen molar-refractivity contribution in [3.63, 3.8) is 0 Å². The van der Waals surface area contributed by atoms with Gasteiger partial charge in [-0.2, -0.15) is 0 Å². The molecule has 4 rings (SSSR count). The number of anilines is 1. The Labute approximate surface area is 153 Å². The topological polar surface area (TPSA) is 110 Å². The van der Waals surface area contributed by atoms with Crippen LogP contribution in [0.1, 0.15) is 23.0 Å². The Morgan fingerprint density at radius 3 is 2.81 bits per heavy atom. The molecule has 0 spiro atoms. The SMILES string of the molecule is O=C(Nc1ncnc2c1c(F)cn2[C@@H]1C[C@H](O)[C@@H](CO)O1)c1ccccc1. The first kappa shape index (κ1) is 17.5. The van der Waals surface area contributed by atoms with Crippen LogP contribution in [0.2, 0.25) is 0 Å². The van der Waals surface area contributed by atoms with Crippen molar-refractivity contribution in [1.29, 1.82) is 0 Å². The van der Waals surface area contributed by atoms with Crippen LogP contribution in [0.25, 0.3) is 11.0 Å². The average molecular weight is 372 g/mol. The summed E-state index contributed by atoms with van der Waals surface area (Å²) in [5, 5.41) is 21.8. The Hall–Kier alpha value is -2.88. The first-order valence-electron chi connectivity index (χ1n) is 8.40. The van der Waals surface area contributed by atoms with E-state index in [9.17, 15) is 19.4 Å². The number of rotatable bonds is 4. The number of hydrogen-bond acceptors (Lipinski definition) is 6. The molecule has 0 aliphatic carbocycles. The van der Waals surface area contributed by atoms with E-state index in [4.69, 9.17) is 4.74 Å². The number of benzene rings is 1. The van der Waals surface area contributed by atoms with Crippen LogP contribution >= 0.6 is 0 Å². The van der Waals surface area contributed by atoms with Crippen molar-refractivity contribution in [1.82, 2.24) is 14.5 Å². The van der Waals surface area contributed by atoms with Gasteiger partial charge in [-0.1, -0.05) is 18.2 Å². The summed E-state index contributed by atoms with van der Waals surface area (Å²) in [4.78, 5) is 20.5. The van der Waals surface area contributed by atoms with E-state index >= 15 is 0 Å². The summed E-state index contributed by atoms with van der Waals surface area (Å²) in [5.74, 6) is -1.00. The number of carbonyl (C=O) groups is 1. The average Bonchev–Trinajstić information content (AvgIpc) is 3.23. The standard InChI is InChI=1S/C18H17FN4O4/c19-11-7-23(14-6-12(25)13(8-24)27-14)17-15(11)16(20-9-21-17)22-18(26)10-4-2-1-3-5-10/h1-5,7,9,12-14,24-25H,6,8H2,(H,20,21,22,26)/t12-,13+,14-/m0/s1. The lowest BCUT2D eigenvalue weighted by molar-refractivity contribution is -0.0431. The van der Waals surface area contributed by atoms with Crippen LogP contribution in [0.3, 0.4) is 0 Å². The molecule has 3 N–H and O–H groups in total. The van der Waals surface area contributed by atoms with E-state index in [2.05, 4.69) is 15.3 Å². The van der Waals surface area contributed by atoms with Crippen LogP contribution in [0.5, 0.6) is 0 Å². The maximum absolute atomic E-state index is 14.6. The number of fused-ring (bicyclic) bond motifs is 1. The molecule has 27 heavy (non-hydrogen) atoms. The maximum Gasteiger partial charge on any atom is 0.256 e. The highest BCUT2D eigenvalue weighted by Crippen LogP contribution is 2.34. The van der Waals surface area contributed by atoms with Gasteiger partial charge in [-0.15, -0.1) is 0 Å². The zero-order chi connectivity index (χ0) is 19.0. The lowest BCUT2D eigenvalue weighted by Gasteiger charge is -2.14. The molecule has 1 fully saturated rings. The Morgan fingerprint density at radius 2 is 2.11 bits per heavy atom. The molecule has 140 valence electrons. The second kappa shape index (κ2) is 7.03. The van der Waals surface area contributed by atoms with Crippen molar-refractivity contribution < 1.29 is 24.1 Å². The molecule has 0 unspecified atom stereocenters. The number of nitrogens with one attached hydrogen (secondary N) is 1. The lowest BCUT2D eigenvalue weighted by Crippen LogP contribution is -2.24. The van der Waals surface area contributed by atoms with E-state index in [-0.39, 0.29) is 29.9 Å². The number of aliphatic hydroxyl groups is 2. The van der Waals surface area contributed by atoms with Gasteiger partial charge in [0.15, 0.2) is 11.5 Å². The van der Waals surface area contributed by atoms with Crippen LogP contribution in [-0.2, 0) is 4.74 Å². The summed E-state index contributed by atoms with van der Waals surface area (Å²) < 4.78 is 21.6. The Bertz CT molecular complexity index is 978. The molecule has 3 heterocycles. The van der Waals surface area contributed by atoms with E-state index in [1.54, 1.807) is 30.3 Å². The van der Waals surface area contributed by atoms with E-state index in [1.807, 2.05) is 0 Å². The number of nitrogens with zero attached hydrogens (tertiary/aromatic N) is 3. The maximum atomic E-state index is 14.6. The summed E-state index contributed by atoms with van der Waals surface area (Å²) in [6, 6.07) is 8.51. The summed E-state index contributed by atoms with van der Waals surface area (Å²) in [6.07, 6.45) is 0.304. The van der Waals surface area contributed by atoms with Gasteiger partial charge < -0.3 is 24.8 Å². The number of aliphatic hydroxyl groups excluding tert-OH is 2. The Balaban J connectivity index is 1.68. The molecule has 2 aromatic heterocycles. The fraction of sp³-hybridized carbons (Fsp3) is 0.278. The van der Waals surface area contributed by atoms with E-state index in [0.717, 1.165) is 0 Å². The molecule has 1 amide bonds. The zero-order valence-electron chi connectivity index (χ0n) is 14.1. The molecule has 0 radical (unpaired) electrons. The fourth-order valence-corrected chi connectivity index (χ4v) is 3.17. The van der Waals surface area contributed by atoms with Gasteiger partial charge in [0.1, 0.15) is 24.5 Å². The van der Waals surface area contributed by atoms with E-state index < -0.39 is 30.2 Å². The minimum absolute atomic E-state index is 0.0438. The molecule has 1 aliphatic rings. The third-order valence-corrected chi connectivity index (χ3v) is 4.53. The van der Waals surface area contributed by atoms with Crippen molar-refractivity contribution in [2.45, 2.75) is 24.9 Å². The fourth-order valence-electron chi connectivity index (χ4n) is 3.17. The highest BCUT2D eigenvalue weighted by atomic mass is 19.1. The lowest BCUT2D eigenvalue weighted by atomic mass is 10.2. The molecule has 3 atom stereocenters. The number of carbonyl (C=O) groups excluding carboxylic acids is 1. The van der Waals surface area contributed by atoms with Crippen molar-refractivity contribution >= 4 is 22.8 Å². The zero-order valence-corrected chi connectivity index (χ0v) is 14.1. The molecule has 3 aromatic rings. The van der Waals surface area contributed by atoms with Gasteiger partial charge in [0.05, 0.1) is 18.1 Å². The monoisotopic (exact) mass is 372 g/mol. The summed E-state index contributed by atoms with van der Waals surface area (Å²) in [6.45, 7) is -0.341. The van der Waals surface area contributed by atoms with Crippen molar-refractivity contribution in [2.24, 2.45) is 0 Å². The summed E-state index contributed by atoms with van der Waals surface area (Å²) >= 11 is 0. The molecule has 1 saturated heterocycles. The summed E-state index contributed by atoms with van der Waals surface area (Å²) in [7, 11) is 0. The highest BCUT2D eigenvalue weighted by molar-refractivity contribution is 6.07. The normalized spacial score (nSPS) is 22.3. The van der Waals surface area contributed by atoms with Gasteiger partial charge in [-0.25, -0.2) is 14.4 Å². The smallest absolute Gasteiger partial charge is 0.256 e. The first-order valence-corrected chi connectivity index (χ1v) is 8.40. The largest absolute Gasteiger partial charge is 0.394 e. The van der Waals surface area contributed by atoms with Crippen LogP contribution in [0, 0.1) is 5.82 Å². The third kappa shape index (κ3) is 3.16. The molecular formula is C18H17FN4O4. The molecule has 1 aromatic carbocycles. The first-order chi connectivity index (χ1) is 13.1. The van der Waals surface area contributed by atoms with Gasteiger partial charge in [0.25, 0.3) is 5.91 Å². The predicted octanol–water partition coefficient (Wildman–Crippen LogP) is 1.46. The number of ether oxygens (including phenoxy) is 1. The van der Waals surface area contributed by atoms with Gasteiger partial charge in [0.2, 0.25) is 0 Å². The van der Waals surface area contributed by atoms with Crippen molar-refractivity contribution in [2.75, 3.05) is 11.9 Å². The number of hydrogen-bond donors (Lipinski definition) is 3. The van der Waals surface area contributed by atoms with Crippen LogP contribution in [-0.4, -0.2) is 49.5 Å². The molecule has 0 bridgehead atoms. The minimum atomic E-state index is -0.861. The third-order valence-electron chi connectivity index (χ3n) is 4.53. The second-order valence-electron chi connectivity index (χ2n) is 6.24. The quantitative estimate of drug-likeness (QED) is 0.640. The van der Waals surface area contributed by atoms with Crippen molar-refractivity contribution in [3.8, 4) is 0 Å². The second-order valence-corrected chi connectivity index (χ2v) is 6.24. The van der Waals surface area contributed by atoms with E-state index in [0.29, 0.717) is 5.56 Å². The van der Waals surface area contributed by atoms with Crippen LogP contribution < -0.4 is 5.32 Å². The van der Waals surface area contributed by atoms with Crippen LogP contribution in [0.15, 0.2) is 42.9 Å². The molecule has 9 heteroatoms. The van der Waals surface area contributed by atoms with E-state index in [1.165, 1.54) is 17.1 Å². The van der Waals surface area contributed by atoms with Gasteiger partial charge in [0, 0.05) is 18.2 Å². The predicted molar refractivity (Wildman–Crippen MR) is 93.5 cm³/mol. The van der Waals surface area contributed by atoms with Gasteiger partial charge in [-0.05, 0) is 12.1 Å². The van der Waals surface area contributed by atoms with Gasteiger partial charge in [-0.3, -0.25) is 4.79 Å². The molecule has 8 nitrogen and oxygen atoms in total. The number of halogens is 1. The highest BCUT2D eigenvalue weighted by Gasteiger charge is 2.35. The van der Waals surface area contributed by atoms with Gasteiger partial charge >= 0.3 is 0 Å². The summed E-state index contributed by atoms with van der Waals surface area (Å²) in [5.41, 5.74) is 0.638.